The van der Waals surface area contributed by atoms with Gasteiger partial charge in [-0.1, -0.05) is 0 Å². The van der Waals surface area contributed by atoms with Gasteiger partial charge in [-0.2, -0.15) is 0 Å². The van der Waals surface area contributed by atoms with Crippen LogP contribution in [0.15, 0.2) is 0 Å². The van der Waals surface area contributed by atoms with E-state index in [4.69, 9.17) is 67.6 Å². The molecule has 0 aromatic rings. The monoisotopic (exact) mass is 420 g/mol. The van der Waals surface area contributed by atoms with E-state index in [0.717, 1.165) is 6.92 Å². The van der Waals surface area contributed by atoms with Gasteiger partial charge in [0, 0.05) is 6.92 Å². The van der Waals surface area contributed by atoms with E-state index in [1.807, 2.05) is 0 Å². The maximum atomic E-state index is 9.00. The molecular weight excluding hydrogens is 410 g/mol. The topological polar surface area (TPSA) is 279 Å². The van der Waals surface area contributed by atoms with Crippen LogP contribution in [0, 0.1) is 0 Å². The Morgan fingerprint density at radius 2 is 0.682 bits per heavy atom. The summed E-state index contributed by atoms with van der Waals surface area (Å²) in [5, 5.41) is 7.42. The normalized spacial score (nSPS) is 9.18. The van der Waals surface area contributed by atoms with Crippen molar-refractivity contribution in [3.63, 3.8) is 0 Å². The standard InChI is InChI=1S/C2H4O2.3Na.3H3O4P/c1-2(3)4;;;;3*1-5(2,3)4/h1H3,(H,3,4);;;;3*(H3,1,2,3,4)/q;3*+1;;;/p-3. The van der Waals surface area contributed by atoms with Crippen molar-refractivity contribution in [3.8, 4) is 0 Å². The largest absolute Gasteiger partial charge is 1.00 e. The summed E-state index contributed by atoms with van der Waals surface area (Å²) in [5.41, 5.74) is 0. The minimum atomic E-state index is -4.89. The second-order valence-corrected chi connectivity index (χ2v) is 4.93. The van der Waals surface area contributed by atoms with E-state index in [2.05, 4.69) is 0 Å². The molecule has 0 rings (SSSR count). The molecule has 0 fully saturated rings. The predicted molar refractivity (Wildman–Crippen MR) is 49.4 cm³/mol. The molecule has 0 spiro atoms. The first-order chi connectivity index (χ1) is 7.73. The van der Waals surface area contributed by atoms with Crippen LogP contribution in [0.4, 0.5) is 0 Å². The zero-order valence-corrected chi connectivity index (χ0v) is 20.5. The summed E-state index contributed by atoms with van der Waals surface area (Å²) in [7, 11) is -14.7. The Bertz CT molecular complexity index is 289. The van der Waals surface area contributed by atoms with Crippen molar-refractivity contribution in [1.29, 1.82) is 0 Å². The fourth-order valence-electron chi connectivity index (χ4n) is 0. The fourth-order valence-corrected chi connectivity index (χ4v) is 0. The summed E-state index contributed by atoms with van der Waals surface area (Å²) in [5.74, 6) is -0.833. The minimum Gasteiger partial charge on any atom is -0.756 e. The molecule has 0 saturated heterocycles. The molecule has 0 aliphatic carbocycles. The van der Waals surface area contributed by atoms with Crippen molar-refractivity contribution in [1.82, 2.24) is 0 Å². The van der Waals surface area contributed by atoms with E-state index in [1.165, 1.54) is 0 Å². The third-order valence-electron chi connectivity index (χ3n) is 0. The molecule has 0 bridgehead atoms. The van der Waals surface area contributed by atoms with E-state index in [1.54, 1.807) is 0 Å². The average molecular weight is 420 g/mol. The third kappa shape index (κ3) is 1380. The van der Waals surface area contributed by atoms with E-state index in [-0.39, 0.29) is 88.7 Å². The summed E-state index contributed by atoms with van der Waals surface area (Å²) in [6.07, 6.45) is 0. The van der Waals surface area contributed by atoms with Crippen LogP contribution in [0.5, 0.6) is 0 Å². The number of aliphatic carboxylic acids is 1. The molecule has 0 aliphatic heterocycles. The molecule has 0 amide bonds. The Kier molecular flexibility index (Phi) is 44.0. The number of carboxylic acid groups (broad SMARTS) is 1. The van der Waals surface area contributed by atoms with Crippen LogP contribution in [-0.2, 0) is 18.5 Å². The molecule has 14 nitrogen and oxygen atoms in total. The van der Waals surface area contributed by atoms with Gasteiger partial charge >= 0.3 is 88.7 Å². The summed E-state index contributed by atoms with van der Waals surface area (Å²) in [4.78, 5) is 77.8. The van der Waals surface area contributed by atoms with Gasteiger partial charge in [-0.3, -0.25) is 18.5 Å². The Labute approximate surface area is 190 Å². The van der Waals surface area contributed by atoms with Gasteiger partial charge in [0.05, 0.1) is 0 Å². The van der Waals surface area contributed by atoms with Crippen molar-refractivity contribution in [2.24, 2.45) is 0 Å². The number of hydrogen-bond donors (Lipinski definition) is 7. The Morgan fingerprint density at radius 3 is 0.682 bits per heavy atom. The molecule has 0 unspecified atom stereocenters. The first-order valence-electron chi connectivity index (χ1n) is 3.22. The van der Waals surface area contributed by atoms with Crippen LogP contribution < -0.4 is 103 Å². The molecule has 0 saturated carbocycles. The first-order valence-corrected chi connectivity index (χ1v) is 7.81. The number of phosphoric acid groups is 3. The first kappa shape index (κ1) is 44.3. The van der Waals surface area contributed by atoms with Gasteiger partial charge in [-0.15, -0.1) is 0 Å². The SMILES string of the molecule is CC(=O)O.O=P([O-])(O)O.O=P([O-])(O)O.O=P([O-])(O)O.[Na+].[Na+].[Na+]. The van der Waals surface area contributed by atoms with Crippen LogP contribution in [0.2, 0.25) is 0 Å². The second kappa shape index (κ2) is 21.8. The van der Waals surface area contributed by atoms with Crippen LogP contribution in [0.25, 0.3) is 0 Å². The summed E-state index contributed by atoms with van der Waals surface area (Å²) < 4.78 is 26.3. The van der Waals surface area contributed by atoms with Crippen molar-refractivity contribution in [2.45, 2.75) is 6.92 Å². The van der Waals surface area contributed by atoms with Crippen LogP contribution in [0.1, 0.15) is 6.92 Å². The van der Waals surface area contributed by atoms with Gasteiger partial charge in [-0.25, -0.2) is 0 Å². The van der Waals surface area contributed by atoms with Gasteiger partial charge in [0.2, 0.25) is 0 Å². The summed E-state index contributed by atoms with van der Waals surface area (Å²) in [6, 6.07) is 0. The third-order valence-corrected chi connectivity index (χ3v) is 0. The number of rotatable bonds is 0. The summed E-state index contributed by atoms with van der Waals surface area (Å²) in [6.45, 7) is 1.08. The zero-order chi connectivity index (χ0) is 17.1. The van der Waals surface area contributed by atoms with E-state index in [9.17, 15) is 0 Å². The average Bonchev–Trinajstić information content (AvgIpc) is 1.66. The van der Waals surface area contributed by atoms with E-state index in [0.29, 0.717) is 0 Å². The van der Waals surface area contributed by atoms with E-state index < -0.39 is 29.4 Å². The van der Waals surface area contributed by atoms with Crippen molar-refractivity contribution in [3.05, 3.63) is 0 Å². The molecule has 0 aromatic heterocycles. The zero-order valence-electron chi connectivity index (χ0n) is 11.8. The molecule has 0 aliphatic rings. The van der Waals surface area contributed by atoms with Gasteiger partial charge in [0.25, 0.3) is 29.4 Å². The fraction of sp³-hybridized carbons (Fsp3) is 0.500. The van der Waals surface area contributed by atoms with Crippen LogP contribution >= 0.6 is 23.5 Å². The summed E-state index contributed by atoms with van der Waals surface area (Å²) >= 11 is 0. The number of carbonyl (C=O) groups is 1. The van der Waals surface area contributed by atoms with Crippen molar-refractivity contribution in [2.75, 3.05) is 0 Å². The van der Waals surface area contributed by atoms with Gasteiger partial charge < -0.3 is 49.1 Å². The Balaban J connectivity index is -0.0000000262. The maximum absolute atomic E-state index is 9.00. The van der Waals surface area contributed by atoms with Crippen molar-refractivity contribution >= 4 is 29.4 Å². The molecule has 20 heteroatoms. The maximum Gasteiger partial charge on any atom is 1.00 e. The van der Waals surface area contributed by atoms with Gasteiger partial charge in [0.1, 0.15) is 0 Å². The van der Waals surface area contributed by atoms with Crippen molar-refractivity contribution < 1.29 is 156 Å². The molecule has 7 N–H and O–H groups in total. The van der Waals surface area contributed by atoms with Crippen LogP contribution in [-0.4, -0.2) is 40.4 Å². The minimum absolute atomic E-state index is 0. The number of hydrogen-bond acceptors (Lipinski definition) is 7. The van der Waals surface area contributed by atoms with Gasteiger partial charge in [-0.05, 0) is 0 Å². The van der Waals surface area contributed by atoms with Crippen LogP contribution in [0.3, 0.4) is 0 Å². The molecule has 0 aromatic carbocycles. The second-order valence-electron chi connectivity index (χ2n) is 1.99. The Hall–Kier alpha value is 2.80. The smallest absolute Gasteiger partial charge is 0.756 e. The number of carboxylic acids is 1. The van der Waals surface area contributed by atoms with Gasteiger partial charge in [0.15, 0.2) is 0 Å². The van der Waals surface area contributed by atoms with E-state index >= 15 is 0 Å². The Morgan fingerprint density at radius 1 is 0.682 bits per heavy atom. The molecule has 120 valence electrons. The quantitative estimate of drug-likeness (QED) is 0.142. The molecule has 22 heavy (non-hydrogen) atoms. The predicted octanol–water partition coefficient (Wildman–Crippen LogP) is -13.6. The molecule has 0 heterocycles. The molecule has 0 radical (unpaired) electrons. The molecule has 0 atom stereocenters. The molecular formula is C2H10Na3O14P3.